The van der Waals surface area contributed by atoms with Gasteiger partial charge in [-0.25, -0.2) is 0 Å². The Kier molecular flexibility index (Phi) is 4.36. The van der Waals surface area contributed by atoms with Crippen molar-refractivity contribution in [1.29, 1.82) is 5.26 Å². The Balaban J connectivity index is 1.65. The van der Waals surface area contributed by atoms with E-state index in [0.717, 1.165) is 6.26 Å². The second-order valence-corrected chi connectivity index (χ2v) is 5.56. The molecule has 0 spiro atoms. The zero-order valence-corrected chi connectivity index (χ0v) is 13.0. The van der Waals surface area contributed by atoms with Gasteiger partial charge in [0.2, 0.25) is 0 Å². The number of benzene rings is 1. The zero-order chi connectivity index (χ0) is 16.9. The quantitative estimate of drug-likeness (QED) is 0.760. The van der Waals surface area contributed by atoms with E-state index in [2.05, 4.69) is 15.6 Å². The summed E-state index contributed by atoms with van der Waals surface area (Å²) in [6.07, 6.45) is 1.16. The molecule has 2 amide bonds. The predicted octanol–water partition coefficient (Wildman–Crippen LogP) is 3.11. The molecule has 7 nitrogen and oxygen atoms in total. The van der Waals surface area contributed by atoms with Gasteiger partial charge in [-0.2, -0.15) is 10.2 Å². The molecule has 2 heterocycles. The van der Waals surface area contributed by atoms with E-state index >= 15 is 0 Å². The van der Waals surface area contributed by atoms with Crippen molar-refractivity contribution in [3.05, 3.63) is 64.2 Å². The first kappa shape index (κ1) is 15.5. The minimum atomic E-state index is -0.486. The fourth-order valence-corrected chi connectivity index (χ4v) is 2.44. The molecule has 24 heavy (non-hydrogen) atoms. The first-order chi connectivity index (χ1) is 11.7. The average Bonchev–Trinajstić information content (AvgIpc) is 3.27. The highest BCUT2D eigenvalue weighted by Crippen LogP contribution is 2.15. The van der Waals surface area contributed by atoms with E-state index in [1.54, 1.807) is 41.8 Å². The molecule has 0 aliphatic carbocycles. The van der Waals surface area contributed by atoms with E-state index in [4.69, 9.17) is 9.68 Å². The van der Waals surface area contributed by atoms with Crippen LogP contribution >= 0.6 is 11.3 Å². The highest BCUT2D eigenvalue weighted by molar-refractivity contribution is 7.12. The second-order valence-electron chi connectivity index (χ2n) is 4.61. The number of thiophene rings is 1. The molecule has 0 aliphatic rings. The summed E-state index contributed by atoms with van der Waals surface area (Å²) in [7, 11) is 0. The molecule has 2 aromatic heterocycles. The van der Waals surface area contributed by atoms with Crippen LogP contribution in [0.4, 0.5) is 11.7 Å². The van der Waals surface area contributed by atoms with E-state index < -0.39 is 5.91 Å². The van der Waals surface area contributed by atoms with Crippen molar-refractivity contribution in [2.45, 2.75) is 0 Å². The monoisotopic (exact) mass is 338 g/mol. The summed E-state index contributed by atoms with van der Waals surface area (Å²) in [6.45, 7) is 0. The maximum absolute atomic E-state index is 12.1. The zero-order valence-electron chi connectivity index (χ0n) is 12.1. The van der Waals surface area contributed by atoms with Gasteiger partial charge in [0.05, 0.1) is 16.5 Å². The smallest absolute Gasteiger partial charge is 0.302 e. The van der Waals surface area contributed by atoms with Crippen molar-refractivity contribution in [2.24, 2.45) is 0 Å². The van der Waals surface area contributed by atoms with Gasteiger partial charge in [0.15, 0.2) is 5.69 Å². The van der Waals surface area contributed by atoms with Crippen LogP contribution in [-0.4, -0.2) is 16.8 Å². The lowest BCUT2D eigenvalue weighted by Gasteiger charge is -2.02. The van der Waals surface area contributed by atoms with Crippen LogP contribution in [0.1, 0.15) is 25.7 Å². The van der Waals surface area contributed by atoms with Crippen LogP contribution in [0, 0.1) is 11.3 Å². The van der Waals surface area contributed by atoms with Crippen molar-refractivity contribution in [3.63, 3.8) is 0 Å². The van der Waals surface area contributed by atoms with Crippen molar-refractivity contribution in [3.8, 4) is 6.07 Å². The topological polar surface area (TPSA) is 108 Å². The van der Waals surface area contributed by atoms with E-state index in [0.29, 0.717) is 16.1 Å². The lowest BCUT2D eigenvalue weighted by molar-refractivity contribution is 0.101. The minimum absolute atomic E-state index is 0.0286. The van der Waals surface area contributed by atoms with Gasteiger partial charge >= 0.3 is 6.01 Å². The van der Waals surface area contributed by atoms with E-state index in [1.165, 1.54) is 11.3 Å². The van der Waals surface area contributed by atoms with Gasteiger partial charge in [-0.3, -0.25) is 14.9 Å². The Morgan fingerprint density at radius 3 is 2.58 bits per heavy atom. The molecule has 0 bridgehead atoms. The van der Waals surface area contributed by atoms with E-state index in [9.17, 15) is 9.59 Å². The minimum Gasteiger partial charge on any atom is -0.431 e. The number of amides is 2. The van der Waals surface area contributed by atoms with Crippen LogP contribution in [-0.2, 0) is 0 Å². The molecular weight excluding hydrogens is 328 g/mol. The number of hydrogen-bond acceptors (Lipinski definition) is 6. The highest BCUT2D eigenvalue weighted by Gasteiger charge is 2.15. The number of nitrogens with one attached hydrogen (secondary N) is 2. The van der Waals surface area contributed by atoms with Crippen LogP contribution in [0.15, 0.2) is 52.5 Å². The molecule has 0 atom stereocenters. The van der Waals surface area contributed by atoms with Gasteiger partial charge < -0.3 is 9.73 Å². The maximum atomic E-state index is 12.1. The van der Waals surface area contributed by atoms with Crippen molar-refractivity contribution in [1.82, 2.24) is 4.98 Å². The largest absolute Gasteiger partial charge is 0.431 e. The molecule has 0 saturated heterocycles. The number of rotatable bonds is 4. The number of nitrogens with zero attached hydrogens (tertiary/aromatic N) is 2. The number of nitriles is 1. The SMILES string of the molecule is N#Cc1ccc(NC(=O)c2coc(NC(=O)c3cccs3)n2)cc1. The molecule has 3 aromatic rings. The number of anilines is 2. The summed E-state index contributed by atoms with van der Waals surface area (Å²) in [5.41, 5.74) is 1.04. The normalized spacial score (nSPS) is 9.96. The lowest BCUT2D eigenvalue weighted by Crippen LogP contribution is -2.13. The number of carbonyl (C=O) groups excluding carboxylic acids is 2. The first-order valence-corrected chi connectivity index (χ1v) is 7.65. The molecule has 2 N–H and O–H groups in total. The Hall–Kier alpha value is -3.44. The van der Waals surface area contributed by atoms with Crippen LogP contribution < -0.4 is 10.6 Å². The Bertz CT molecular complexity index is 908. The molecule has 0 saturated carbocycles. The molecular formula is C16H10N4O3S. The highest BCUT2D eigenvalue weighted by atomic mass is 32.1. The number of oxazole rings is 1. The number of hydrogen-bond donors (Lipinski definition) is 2. The first-order valence-electron chi connectivity index (χ1n) is 6.77. The third kappa shape index (κ3) is 3.48. The number of aromatic nitrogens is 1. The fraction of sp³-hybridized carbons (Fsp3) is 0. The molecule has 118 valence electrons. The summed E-state index contributed by atoms with van der Waals surface area (Å²) in [4.78, 5) is 28.4. The second kappa shape index (κ2) is 6.76. The van der Waals surface area contributed by atoms with Gasteiger partial charge in [-0.1, -0.05) is 6.07 Å². The van der Waals surface area contributed by atoms with Crippen LogP contribution in [0.5, 0.6) is 0 Å². The summed E-state index contributed by atoms with van der Waals surface area (Å²) in [6, 6.07) is 11.8. The van der Waals surface area contributed by atoms with Gasteiger partial charge in [-0.15, -0.1) is 11.3 Å². The van der Waals surface area contributed by atoms with Gasteiger partial charge in [0.1, 0.15) is 6.26 Å². The van der Waals surface area contributed by atoms with Crippen LogP contribution in [0.25, 0.3) is 0 Å². The molecule has 0 radical (unpaired) electrons. The standard InChI is InChI=1S/C16H10N4O3S/c17-8-10-3-5-11(6-4-10)18-14(21)12-9-23-16(19-12)20-15(22)13-2-1-7-24-13/h1-7,9H,(H,18,21)(H,19,20,22). The Labute approximate surface area is 140 Å². The van der Waals surface area contributed by atoms with Crippen molar-refractivity contribution < 1.29 is 14.0 Å². The fourth-order valence-electron chi connectivity index (χ4n) is 1.83. The summed E-state index contributed by atoms with van der Waals surface area (Å²) >= 11 is 1.28. The molecule has 0 fully saturated rings. The van der Waals surface area contributed by atoms with Gasteiger partial charge in [0.25, 0.3) is 11.8 Å². The summed E-state index contributed by atoms with van der Waals surface area (Å²) in [5, 5.41) is 15.6. The Morgan fingerprint density at radius 2 is 1.92 bits per heavy atom. The maximum Gasteiger partial charge on any atom is 0.302 e. The lowest BCUT2D eigenvalue weighted by atomic mass is 10.2. The molecule has 1 aromatic carbocycles. The molecule has 8 heteroatoms. The van der Waals surface area contributed by atoms with Crippen molar-refractivity contribution >= 4 is 34.9 Å². The average molecular weight is 338 g/mol. The molecule has 0 unspecified atom stereocenters. The third-order valence-corrected chi connectivity index (χ3v) is 3.84. The van der Waals surface area contributed by atoms with Gasteiger partial charge in [-0.05, 0) is 35.7 Å². The summed E-state index contributed by atoms with van der Waals surface area (Å²) in [5.74, 6) is -0.842. The predicted molar refractivity (Wildman–Crippen MR) is 87.9 cm³/mol. The van der Waals surface area contributed by atoms with Gasteiger partial charge in [0, 0.05) is 5.69 Å². The number of carbonyl (C=O) groups is 2. The Morgan fingerprint density at radius 1 is 1.12 bits per heavy atom. The van der Waals surface area contributed by atoms with E-state index in [-0.39, 0.29) is 17.6 Å². The van der Waals surface area contributed by atoms with E-state index in [1.807, 2.05) is 6.07 Å². The summed E-state index contributed by atoms with van der Waals surface area (Å²) < 4.78 is 5.09. The van der Waals surface area contributed by atoms with Crippen LogP contribution in [0.2, 0.25) is 0 Å². The molecule has 0 aliphatic heterocycles. The third-order valence-electron chi connectivity index (χ3n) is 2.97. The van der Waals surface area contributed by atoms with Crippen LogP contribution in [0.3, 0.4) is 0 Å². The molecule has 3 rings (SSSR count). The van der Waals surface area contributed by atoms with Crippen molar-refractivity contribution in [2.75, 3.05) is 10.6 Å².